The largest absolute Gasteiger partial charge is 0.383 e. The van der Waals surface area contributed by atoms with E-state index in [0.717, 1.165) is 46.5 Å². The molecular weight excluding hydrogens is 424 g/mol. The monoisotopic (exact) mass is 448 g/mol. The van der Waals surface area contributed by atoms with Crippen LogP contribution in [-0.4, -0.2) is 47.4 Å². The summed E-state index contributed by atoms with van der Waals surface area (Å²) in [5.74, 6) is 2.12. The molecule has 0 spiro atoms. The van der Waals surface area contributed by atoms with E-state index in [9.17, 15) is 4.21 Å². The molecule has 2 N–H and O–H groups in total. The Bertz CT molecular complexity index is 1260. The molecule has 5 rings (SSSR count). The van der Waals surface area contributed by atoms with Crippen LogP contribution >= 0.6 is 0 Å². The van der Waals surface area contributed by atoms with Gasteiger partial charge in [0.1, 0.15) is 5.82 Å². The van der Waals surface area contributed by atoms with Crippen LogP contribution in [0.1, 0.15) is 30.0 Å². The molecule has 5 heterocycles. The van der Waals surface area contributed by atoms with Gasteiger partial charge in [0.05, 0.1) is 24.2 Å². The summed E-state index contributed by atoms with van der Waals surface area (Å²) in [5.41, 5.74) is 12.6. The van der Waals surface area contributed by atoms with Crippen molar-refractivity contribution in [2.75, 3.05) is 24.3 Å². The van der Waals surface area contributed by atoms with Crippen molar-refractivity contribution >= 4 is 22.3 Å². The molecule has 0 unspecified atom stereocenters. The lowest BCUT2D eigenvalue weighted by molar-refractivity contribution is 0.183. The molecule has 1 saturated heterocycles. The van der Waals surface area contributed by atoms with Crippen LogP contribution in [0.15, 0.2) is 49.1 Å². The second-order valence-electron chi connectivity index (χ2n) is 7.88. The van der Waals surface area contributed by atoms with Crippen molar-refractivity contribution in [2.24, 2.45) is 0 Å². The highest BCUT2D eigenvalue weighted by atomic mass is 32.2. The van der Waals surface area contributed by atoms with Crippen molar-refractivity contribution in [1.29, 1.82) is 0 Å². The maximum absolute atomic E-state index is 11.9. The number of anilines is 1. The average Bonchev–Trinajstić information content (AvgIpc) is 3.26. The van der Waals surface area contributed by atoms with Crippen molar-refractivity contribution < 1.29 is 8.95 Å². The van der Waals surface area contributed by atoms with Crippen LogP contribution in [0.25, 0.3) is 28.0 Å². The van der Waals surface area contributed by atoms with Crippen LogP contribution in [0.2, 0.25) is 0 Å². The average molecular weight is 449 g/mol. The zero-order valence-corrected chi connectivity index (χ0v) is 18.6. The Kier molecular flexibility index (Phi) is 5.67. The summed E-state index contributed by atoms with van der Waals surface area (Å²) in [4.78, 5) is 13.8. The summed E-state index contributed by atoms with van der Waals surface area (Å²) in [7, 11) is 0.904. The van der Waals surface area contributed by atoms with Gasteiger partial charge in [0, 0.05) is 76.2 Å². The number of nitrogen functional groups attached to an aromatic ring is 1. The highest BCUT2D eigenvalue weighted by Crippen LogP contribution is 2.34. The van der Waals surface area contributed by atoms with E-state index in [1.165, 1.54) is 0 Å². The van der Waals surface area contributed by atoms with Crippen LogP contribution in [-0.2, 0) is 22.1 Å². The third-order valence-corrected chi connectivity index (χ3v) is 7.29. The molecule has 0 radical (unpaired) electrons. The van der Waals surface area contributed by atoms with E-state index in [-0.39, 0.29) is 5.92 Å². The molecule has 0 bridgehead atoms. The van der Waals surface area contributed by atoms with Gasteiger partial charge < -0.3 is 10.5 Å². The summed E-state index contributed by atoms with van der Waals surface area (Å²) in [6.45, 7) is 0.361. The second kappa shape index (κ2) is 8.76. The predicted molar refractivity (Wildman–Crippen MR) is 124 cm³/mol. The number of rotatable bonds is 5. The number of nitrogens with zero attached hydrogens (tertiary/aromatic N) is 5. The molecule has 1 aliphatic heterocycles. The van der Waals surface area contributed by atoms with E-state index >= 15 is 0 Å². The van der Waals surface area contributed by atoms with Crippen molar-refractivity contribution in [3.63, 3.8) is 0 Å². The fraction of sp³-hybridized carbons (Fsp3) is 0.304. The van der Waals surface area contributed by atoms with Crippen molar-refractivity contribution in [1.82, 2.24) is 24.6 Å². The Hall–Kier alpha value is -3.17. The topological polar surface area (TPSA) is 108 Å². The third-order valence-electron chi connectivity index (χ3n) is 5.91. The maximum atomic E-state index is 11.9. The summed E-state index contributed by atoms with van der Waals surface area (Å²) in [5, 5.41) is 4.50. The van der Waals surface area contributed by atoms with Gasteiger partial charge in [0.25, 0.3) is 0 Å². The Morgan fingerprint density at radius 3 is 2.69 bits per heavy atom. The first kappa shape index (κ1) is 20.7. The van der Waals surface area contributed by atoms with Gasteiger partial charge in [-0.2, -0.15) is 9.61 Å². The van der Waals surface area contributed by atoms with Gasteiger partial charge >= 0.3 is 0 Å². The van der Waals surface area contributed by atoms with E-state index in [1.807, 2.05) is 30.5 Å². The second-order valence-corrected chi connectivity index (χ2v) is 9.58. The van der Waals surface area contributed by atoms with E-state index < -0.39 is 10.8 Å². The summed E-state index contributed by atoms with van der Waals surface area (Å²) >= 11 is 0. The van der Waals surface area contributed by atoms with Gasteiger partial charge in [-0.25, -0.2) is 4.98 Å². The van der Waals surface area contributed by atoms with Gasteiger partial charge in [-0.15, -0.1) is 0 Å². The van der Waals surface area contributed by atoms with E-state index in [2.05, 4.69) is 15.1 Å². The number of pyridine rings is 2. The molecule has 4 aromatic heterocycles. The zero-order valence-electron chi connectivity index (χ0n) is 17.8. The highest BCUT2D eigenvalue weighted by Gasteiger charge is 2.26. The Labute approximate surface area is 188 Å². The number of methoxy groups -OCH3 is 1. The van der Waals surface area contributed by atoms with Crippen molar-refractivity contribution in [3.8, 4) is 22.4 Å². The molecule has 0 saturated carbocycles. The van der Waals surface area contributed by atoms with Crippen LogP contribution in [0.5, 0.6) is 0 Å². The molecule has 0 atom stereocenters. The van der Waals surface area contributed by atoms with Gasteiger partial charge in [0.2, 0.25) is 0 Å². The van der Waals surface area contributed by atoms with Gasteiger partial charge in [-0.05, 0) is 31.0 Å². The quantitative estimate of drug-likeness (QED) is 0.499. The van der Waals surface area contributed by atoms with E-state index in [1.54, 1.807) is 30.2 Å². The minimum Gasteiger partial charge on any atom is -0.383 e. The highest BCUT2D eigenvalue weighted by molar-refractivity contribution is 7.85. The van der Waals surface area contributed by atoms with E-state index in [0.29, 0.717) is 29.6 Å². The standard InChI is InChI=1S/C23H24N6O2S/c1-31-14-19-21(15-6-9-32(30)10-7-15)28-23-18(13-27-29(23)22(19)24)16-4-5-20(26-12-16)17-3-2-8-25-11-17/h2-5,8,11-13,15H,6-7,9-10,14,24H2,1H3. The lowest BCUT2D eigenvalue weighted by Crippen LogP contribution is -2.21. The Morgan fingerprint density at radius 2 is 2.00 bits per heavy atom. The van der Waals surface area contributed by atoms with E-state index in [4.69, 9.17) is 15.5 Å². The molecule has 1 aliphatic rings. The summed E-state index contributed by atoms with van der Waals surface area (Å²) in [6, 6.07) is 7.85. The minimum atomic E-state index is -0.743. The Morgan fingerprint density at radius 1 is 1.16 bits per heavy atom. The first-order valence-electron chi connectivity index (χ1n) is 10.5. The first-order valence-corrected chi connectivity index (χ1v) is 12.0. The molecule has 0 aliphatic carbocycles. The van der Waals surface area contributed by atoms with Gasteiger partial charge in [-0.3, -0.25) is 14.2 Å². The molecule has 8 nitrogen and oxygen atoms in total. The lowest BCUT2D eigenvalue weighted by atomic mass is 9.94. The third kappa shape index (κ3) is 3.78. The van der Waals surface area contributed by atoms with Crippen LogP contribution < -0.4 is 5.73 Å². The number of hydrogen-bond acceptors (Lipinski definition) is 7. The predicted octanol–water partition coefficient (Wildman–Crippen LogP) is 3.21. The smallest absolute Gasteiger partial charge is 0.165 e. The SMILES string of the molecule is COCc1c(C2CCS(=O)CC2)nc2c(-c3ccc(-c4cccnc4)nc3)cnn2c1N. The van der Waals surface area contributed by atoms with Crippen molar-refractivity contribution in [2.45, 2.75) is 25.4 Å². The molecule has 0 amide bonds. The number of nitrogens with two attached hydrogens (primary N) is 1. The maximum Gasteiger partial charge on any atom is 0.165 e. The Balaban J connectivity index is 1.58. The molecule has 32 heavy (non-hydrogen) atoms. The molecular formula is C23H24N6O2S. The molecule has 4 aromatic rings. The minimum absolute atomic E-state index is 0.207. The lowest BCUT2D eigenvalue weighted by Gasteiger charge is -2.24. The van der Waals surface area contributed by atoms with Crippen LogP contribution in [0.4, 0.5) is 5.82 Å². The van der Waals surface area contributed by atoms with Gasteiger partial charge in [-0.1, -0.05) is 6.07 Å². The fourth-order valence-electron chi connectivity index (χ4n) is 4.21. The number of hydrogen-bond donors (Lipinski definition) is 1. The molecule has 0 aromatic carbocycles. The molecule has 9 heteroatoms. The first-order chi connectivity index (χ1) is 15.7. The molecule has 164 valence electrons. The fourth-order valence-corrected chi connectivity index (χ4v) is 5.50. The van der Waals surface area contributed by atoms with Crippen molar-refractivity contribution in [3.05, 3.63) is 60.3 Å². The summed E-state index contributed by atoms with van der Waals surface area (Å²) < 4.78 is 19.0. The van der Waals surface area contributed by atoms with Gasteiger partial charge in [0.15, 0.2) is 5.65 Å². The van der Waals surface area contributed by atoms with Crippen LogP contribution in [0, 0.1) is 0 Å². The summed E-state index contributed by atoms with van der Waals surface area (Å²) in [6.07, 6.45) is 8.79. The number of fused-ring (bicyclic) bond motifs is 1. The number of aromatic nitrogens is 5. The molecule has 1 fully saturated rings. The normalized spacial score (nSPS) is 18.8. The number of ether oxygens (including phenoxy) is 1. The zero-order chi connectivity index (χ0) is 22.1. The van der Waals surface area contributed by atoms with Crippen LogP contribution in [0.3, 0.4) is 0 Å².